The lowest BCUT2D eigenvalue weighted by atomic mass is 9.72. The van der Waals surface area contributed by atoms with Crippen molar-refractivity contribution in [1.29, 1.82) is 0 Å². The van der Waals surface area contributed by atoms with Gasteiger partial charge < -0.3 is 9.64 Å². The third-order valence-electron chi connectivity index (χ3n) is 5.91. The third kappa shape index (κ3) is 4.87. The van der Waals surface area contributed by atoms with Crippen LogP contribution in [0.5, 0.6) is 0 Å². The Kier molecular flexibility index (Phi) is 6.75. The van der Waals surface area contributed by atoms with Gasteiger partial charge in [-0.3, -0.25) is 4.79 Å². The number of hydrogen-bond acceptors (Lipinski definition) is 4. The van der Waals surface area contributed by atoms with Crippen LogP contribution in [0, 0.1) is 6.92 Å². The number of likely N-dealkylation sites (tertiary alicyclic amines) is 1. The number of quaternary nitrogens is 1. The quantitative estimate of drug-likeness (QED) is 0.701. The van der Waals surface area contributed by atoms with Crippen LogP contribution in [0.15, 0.2) is 59.5 Å². The van der Waals surface area contributed by atoms with Crippen LogP contribution in [0.25, 0.3) is 0 Å². The van der Waals surface area contributed by atoms with Crippen LogP contribution >= 0.6 is 0 Å². The first kappa shape index (κ1) is 21.5. The zero-order chi connectivity index (χ0) is 20.9. The van der Waals surface area contributed by atoms with Crippen LogP contribution in [0.2, 0.25) is 0 Å². The Morgan fingerprint density at radius 3 is 2.24 bits per heavy atom. The fourth-order valence-electron chi connectivity index (χ4n) is 4.06. The average Bonchev–Trinajstić information content (AvgIpc) is 2.74. The molecule has 5 nitrogen and oxygen atoms in total. The summed E-state index contributed by atoms with van der Waals surface area (Å²) in [6.07, 6.45) is 1.32. The van der Waals surface area contributed by atoms with Gasteiger partial charge >= 0.3 is 5.97 Å². The molecule has 2 aromatic carbocycles. The van der Waals surface area contributed by atoms with Gasteiger partial charge in [-0.15, -0.1) is 0 Å². The lowest BCUT2D eigenvalue weighted by Crippen LogP contribution is -3.14. The lowest BCUT2D eigenvalue weighted by molar-refractivity contribution is -0.903. The van der Waals surface area contributed by atoms with Crippen LogP contribution < -0.4 is 4.90 Å². The smallest absolute Gasteiger partial charge is 0.317 e. The van der Waals surface area contributed by atoms with Crippen molar-refractivity contribution >= 4 is 15.8 Å². The molecule has 6 heteroatoms. The molecule has 0 amide bonds. The Bertz CT molecular complexity index is 915. The second kappa shape index (κ2) is 9.09. The molecule has 1 heterocycles. The summed E-state index contributed by atoms with van der Waals surface area (Å²) in [7, 11) is -3.29. The molecule has 2 aromatic rings. The number of piperidine rings is 1. The zero-order valence-corrected chi connectivity index (χ0v) is 18.0. The van der Waals surface area contributed by atoms with Gasteiger partial charge in [-0.2, -0.15) is 0 Å². The average molecular weight is 417 g/mol. The van der Waals surface area contributed by atoms with Crippen LogP contribution in [0.3, 0.4) is 0 Å². The third-order valence-corrected chi connectivity index (χ3v) is 7.64. The molecule has 1 fully saturated rings. The maximum atomic E-state index is 12.8. The lowest BCUT2D eigenvalue weighted by Gasteiger charge is -2.38. The Balaban J connectivity index is 1.66. The predicted molar refractivity (Wildman–Crippen MR) is 113 cm³/mol. The molecular formula is C23H30NO4S+. The second-order valence-electron chi connectivity index (χ2n) is 7.80. The zero-order valence-electron chi connectivity index (χ0n) is 17.2. The molecule has 0 aromatic heterocycles. The van der Waals surface area contributed by atoms with Gasteiger partial charge in [-0.25, -0.2) is 8.42 Å². The molecule has 1 N–H and O–H groups in total. The summed E-state index contributed by atoms with van der Waals surface area (Å²) >= 11 is 0. The number of rotatable bonds is 7. The molecule has 0 atom stereocenters. The molecule has 1 aliphatic heterocycles. The fraction of sp³-hybridized carbons (Fsp3) is 0.435. The van der Waals surface area contributed by atoms with Crippen LogP contribution in [0.1, 0.15) is 30.9 Å². The topological polar surface area (TPSA) is 64.9 Å². The van der Waals surface area contributed by atoms with Gasteiger partial charge in [0.25, 0.3) is 0 Å². The van der Waals surface area contributed by atoms with Crippen molar-refractivity contribution < 1.29 is 22.8 Å². The Morgan fingerprint density at radius 2 is 1.66 bits per heavy atom. The minimum absolute atomic E-state index is 0.114. The second-order valence-corrected chi connectivity index (χ2v) is 9.91. The first-order chi connectivity index (χ1) is 13.9. The van der Waals surface area contributed by atoms with Crippen molar-refractivity contribution in [3.8, 4) is 0 Å². The molecule has 1 saturated heterocycles. The van der Waals surface area contributed by atoms with Crippen molar-refractivity contribution in [1.82, 2.24) is 0 Å². The molecule has 29 heavy (non-hydrogen) atoms. The Hall–Kier alpha value is -2.18. The number of sulfone groups is 1. The van der Waals surface area contributed by atoms with Gasteiger partial charge in [0.15, 0.2) is 9.84 Å². The maximum Gasteiger partial charge on any atom is 0.317 e. The van der Waals surface area contributed by atoms with E-state index in [1.54, 1.807) is 12.1 Å². The first-order valence-electron chi connectivity index (χ1n) is 10.2. The SMILES string of the molecule is CCOC(=O)C1(c2ccccc2)CC[NH+](CCS(=O)(=O)c2ccc(C)cc2)CC1. The van der Waals surface area contributed by atoms with E-state index in [1.165, 1.54) is 4.90 Å². The summed E-state index contributed by atoms with van der Waals surface area (Å²) in [6.45, 7) is 6.17. The highest BCUT2D eigenvalue weighted by Gasteiger charge is 2.46. The molecule has 0 bridgehead atoms. The molecule has 0 unspecified atom stereocenters. The minimum atomic E-state index is -3.29. The number of esters is 1. The molecule has 1 aliphatic rings. The number of nitrogens with one attached hydrogen (secondary N) is 1. The van der Waals surface area contributed by atoms with Crippen molar-refractivity contribution in [3.05, 3.63) is 65.7 Å². The van der Waals surface area contributed by atoms with Gasteiger partial charge in [0.1, 0.15) is 11.2 Å². The molecule has 0 saturated carbocycles. The molecule has 156 valence electrons. The van der Waals surface area contributed by atoms with Gasteiger partial charge in [0, 0.05) is 12.8 Å². The van der Waals surface area contributed by atoms with E-state index in [9.17, 15) is 13.2 Å². The largest absolute Gasteiger partial charge is 0.465 e. The molecular weight excluding hydrogens is 386 g/mol. The first-order valence-corrected chi connectivity index (χ1v) is 11.9. The van der Waals surface area contributed by atoms with Gasteiger partial charge in [0.2, 0.25) is 0 Å². The van der Waals surface area contributed by atoms with Crippen LogP contribution in [0.4, 0.5) is 0 Å². The number of carbonyl (C=O) groups excluding carboxylic acids is 1. The van der Waals surface area contributed by atoms with Gasteiger partial charge in [-0.05, 0) is 31.5 Å². The minimum Gasteiger partial charge on any atom is -0.465 e. The Morgan fingerprint density at radius 1 is 1.03 bits per heavy atom. The van der Waals surface area contributed by atoms with E-state index in [1.807, 2.05) is 56.3 Å². The fourth-order valence-corrected chi connectivity index (χ4v) is 5.40. The Labute approximate surface area is 173 Å². The van der Waals surface area contributed by atoms with E-state index in [2.05, 4.69) is 0 Å². The van der Waals surface area contributed by atoms with E-state index in [0.29, 0.717) is 30.9 Å². The number of hydrogen-bond donors (Lipinski definition) is 1. The highest BCUT2D eigenvalue weighted by Crippen LogP contribution is 2.34. The summed E-state index contributed by atoms with van der Waals surface area (Å²) < 4.78 is 30.7. The highest BCUT2D eigenvalue weighted by atomic mass is 32.2. The van der Waals surface area contributed by atoms with E-state index >= 15 is 0 Å². The number of ether oxygens (including phenoxy) is 1. The molecule has 0 aliphatic carbocycles. The van der Waals surface area contributed by atoms with Crippen molar-refractivity contribution in [2.75, 3.05) is 32.0 Å². The normalized spacial score (nSPS) is 22.2. The monoisotopic (exact) mass is 416 g/mol. The molecule has 0 radical (unpaired) electrons. The number of aryl methyl sites for hydroxylation is 1. The van der Waals surface area contributed by atoms with E-state index in [-0.39, 0.29) is 11.7 Å². The summed E-state index contributed by atoms with van der Waals surface area (Å²) in [6, 6.07) is 16.8. The van der Waals surface area contributed by atoms with Crippen molar-refractivity contribution in [2.24, 2.45) is 0 Å². The van der Waals surface area contributed by atoms with E-state index < -0.39 is 15.3 Å². The molecule has 0 spiro atoms. The highest BCUT2D eigenvalue weighted by molar-refractivity contribution is 7.91. The van der Waals surface area contributed by atoms with Gasteiger partial charge in [-0.1, -0.05) is 48.0 Å². The van der Waals surface area contributed by atoms with Crippen molar-refractivity contribution in [2.45, 2.75) is 37.0 Å². The van der Waals surface area contributed by atoms with Crippen LogP contribution in [-0.4, -0.2) is 46.4 Å². The van der Waals surface area contributed by atoms with E-state index in [0.717, 1.165) is 24.2 Å². The molecule has 3 rings (SSSR count). The number of carbonyl (C=O) groups is 1. The van der Waals surface area contributed by atoms with Crippen LogP contribution in [-0.2, 0) is 24.8 Å². The number of benzene rings is 2. The standard InChI is InChI=1S/C23H29NO4S/c1-3-28-22(25)23(20-7-5-4-6-8-20)13-15-24(16-14-23)17-18-29(26,27)21-11-9-19(2)10-12-21/h4-12H,3,13-18H2,1-2H3/p+1. The predicted octanol–water partition coefficient (Wildman–Crippen LogP) is 1.95. The van der Waals surface area contributed by atoms with Gasteiger partial charge in [0.05, 0.1) is 31.1 Å². The summed E-state index contributed by atoms with van der Waals surface area (Å²) in [5.74, 6) is -0.0547. The van der Waals surface area contributed by atoms with E-state index in [4.69, 9.17) is 4.74 Å². The summed E-state index contributed by atoms with van der Waals surface area (Å²) in [5, 5.41) is 0. The van der Waals surface area contributed by atoms with Crippen molar-refractivity contribution in [3.63, 3.8) is 0 Å². The maximum absolute atomic E-state index is 12.8. The summed E-state index contributed by atoms with van der Waals surface area (Å²) in [5.41, 5.74) is 1.41. The summed E-state index contributed by atoms with van der Waals surface area (Å²) in [4.78, 5) is 14.4.